The van der Waals surface area contributed by atoms with Crippen molar-refractivity contribution in [1.29, 1.82) is 0 Å². The first kappa shape index (κ1) is 19.7. The fourth-order valence-corrected chi connectivity index (χ4v) is 4.99. The van der Waals surface area contributed by atoms with Crippen LogP contribution in [0.4, 0.5) is 0 Å². The van der Waals surface area contributed by atoms with Crippen LogP contribution in [0.1, 0.15) is 26.7 Å². The lowest BCUT2D eigenvalue weighted by atomic mass is 10.0. The van der Waals surface area contributed by atoms with Gasteiger partial charge in [-0.3, -0.25) is 4.99 Å². The van der Waals surface area contributed by atoms with E-state index >= 15 is 0 Å². The van der Waals surface area contributed by atoms with E-state index in [1.165, 1.54) is 12.2 Å². The van der Waals surface area contributed by atoms with Gasteiger partial charge in [-0.15, -0.1) is 24.0 Å². The molecule has 21 heavy (non-hydrogen) atoms. The number of aliphatic hydroxyl groups is 1. The maximum absolute atomic E-state index is 10.4. The molecule has 0 bridgehead atoms. The lowest BCUT2D eigenvalue weighted by Gasteiger charge is -2.34. The summed E-state index contributed by atoms with van der Waals surface area (Å²) < 4.78 is 0. The summed E-state index contributed by atoms with van der Waals surface area (Å²) in [5.41, 5.74) is -0.583. The van der Waals surface area contributed by atoms with Crippen LogP contribution in [0.3, 0.4) is 0 Å². The Kier molecular flexibility index (Phi) is 9.12. The minimum absolute atomic E-state index is 0. The van der Waals surface area contributed by atoms with Gasteiger partial charge in [0.2, 0.25) is 0 Å². The summed E-state index contributed by atoms with van der Waals surface area (Å²) in [7, 11) is 0. The van der Waals surface area contributed by atoms with Crippen molar-refractivity contribution in [2.75, 3.05) is 43.4 Å². The molecule has 4 nitrogen and oxygen atoms in total. The van der Waals surface area contributed by atoms with Gasteiger partial charge in [-0.05, 0) is 25.5 Å². The molecule has 2 N–H and O–H groups in total. The fourth-order valence-electron chi connectivity index (χ4n) is 2.53. The molecule has 2 atom stereocenters. The van der Waals surface area contributed by atoms with Gasteiger partial charge in [0.15, 0.2) is 5.96 Å². The number of guanidine groups is 1. The number of thioether (sulfide) groups is 2. The van der Waals surface area contributed by atoms with Gasteiger partial charge in [-0.25, -0.2) is 0 Å². The number of halogens is 1. The van der Waals surface area contributed by atoms with E-state index in [2.05, 4.69) is 35.8 Å². The summed E-state index contributed by atoms with van der Waals surface area (Å²) in [6.45, 7) is 7.89. The molecular weight excluding hydrogens is 417 g/mol. The Hall–Kier alpha value is 0.660. The Morgan fingerprint density at radius 3 is 2.86 bits per heavy atom. The van der Waals surface area contributed by atoms with Crippen molar-refractivity contribution in [2.24, 2.45) is 4.99 Å². The van der Waals surface area contributed by atoms with E-state index in [-0.39, 0.29) is 24.0 Å². The molecule has 0 aromatic rings. The number of aliphatic imine (C=N–C) groups is 1. The highest BCUT2D eigenvalue weighted by atomic mass is 127. The quantitative estimate of drug-likeness (QED) is 0.395. The second-order valence-electron chi connectivity index (χ2n) is 5.54. The number of hydrogen-bond acceptors (Lipinski definition) is 4. The summed E-state index contributed by atoms with van der Waals surface area (Å²) in [4.78, 5) is 7.08. The Balaban J connectivity index is 0.00000220. The van der Waals surface area contributed by atoms with Crippen molar-refractivity contribution in [3.8, 4) is 0 Å². The van der Waals surface area contributed by atoms with Crippen molar-refractivity contribution in [1.82, 2.24) is 10.2 Å². The van der Waals surface area contributed by atoms with Crippen molar-refractivity contribution in [3.63, 3.8) is 0 Å². The van der Waals surface area contributed by atoms with Crippen LogP contribution in [0.2, 0.25) is 0 Å². The smallest absolute Gasteiger partial charge is 0.194 e. The predicted molar refractivity (Wildman–Crippen MR) is 106 cm³/mol. The SMILES string of the molecule is CCNC(=NCC1(O)CCSC1)N1CCSC(CC)C1.I. The van der Waals surface area contributed by atoms with Crippen LogP contribution in [-0.4, -0.2) is 70.3 Å². The average Bonchev–Trinajstić information content (AvgIpc) is 2.90. The predicted octanol–water partition coefficient (Wildman–Crippen LogP) is 2.27. The van der Waals surface area contributed by atoms with E-state index in [9.17, 15) is 5.11 Å². The van der Waals surface area contributed by atoms with Crippen LogP contribution >= 0.6 is 47.5 Å². The maximum Gasteiger partial charge on any atom is 0.194 e. The zero-order valence-corrected chi connectivity index (χ0v) is 17.0. The highest BCUT2D eigenvalue weighted by Gasteiger charge is 2.32. The number of nitrogens with one attached hydrogen (secondary N) is 1. The second-order valence-corrected chi connectivity index (χ2v) is 8.06. The molecule has 2 saturated heterocycles. The molecule has 124 valence electrons. The Bertz CT molecular complexity index is 338. The molecule has 2 aliphatic heterocycles. The van der Waals surface area contributed by atoms with Crippen molar-refractivity contribution in [3.05, 3.63) is 0 Å². The van der Waals surface area contributed by atoms with Gasteiger partial charge in [0.05, 0.1) is 12.1 Å². The summed E-state index contributed by atoms with van der Waals surface area (Å²) in [5, 5.41) is 14.5. The molecule has 0 saturated carbocycles. The van der Waals surface area contributed by atoms with Crippen molar-refractivity contribution >= 4 is 53.5 Å². The Morgan fingerprint density at radius 1 is 1.43 bits per heavy atom. The van der Waals surface area contributed by atoms with E-state index in [0.717, 1.165) is 43.5 Å². The van der Waals surface area contributed by atoms with Crippen LogP contribution < -0.4 is 5.32 Å². The summed E-state index contributed by atoms with van der Waals surface area (Å²) in [6.07, 6.45) is 2.08. The summed E-state index contributed by atoms with van der Waals surface area (Å²) in [5.74, 6) is 4.03. The van der Waals surface area contributed by atoms with Crippen LogP contribution in [-0.2, 0) is 0 Å². The minimum Gasteiger partial charge on any atom is -0.387 e. The van der Waals surface area contributed by atoms with E-state index in [0.29, 0.717) is 11.8 Å². The van der Waals surface area contributed by atoms with Gasteiger partial charge >= 0.3 is 0 Å². The first-order valence-electron chi connectivity index (χ1n) is 7.62. The first-order chi connectivity index (χ1) is 9.67. The third kappa shape index (κ3) is 5.99. The largest absolute Gasteiger partial charge is 0.387 e. The van der Waals surface area contributed by atoms with Crippen LogP contribution in [0.5, 0.6) is 0 Å². The van der Waals surface area contributed by atoms with E-state index < -0.39 is 5.60 Å². The lowest BCUT2D eigenvalue weighted by Crippen LogP contribution is -2.48. The molecule has 2 unspecified atom stereocenters. The zero-order valence-electron chi connectivity index (χ0n) is 13.0. The van der Waals surface area contributed by atoms with Gasteiger partial charge in [0, 0.05) is 36.4 Å². The van der Waals surface area contributed by atoms with Crippen molar-refractivity contribution < 1.29 is 5.11 Å². The van der Waals surface area contributed by atoms with Crippen LogP contribution in [0, 0.1) is 0 Å². The third-order valence-electron chi connectivity index (χ3n) is 3.83. The molecule has 2 rings (SSSR count). The molecule has 0 spiro atoms. The molecule has 0 aromatic carbocycles. The first-order valence-corrected chi connectivity index (χ1v) is 9.82. The molecule has 2 fully saturated rings. The van der Waals surface area contributed by atoms with Gasteiger partial charge in [-0.2, -0.15) is 23.5 Å². The monoisotopic (exact) mass is 445 g/mol. The summed E-state index contributed by atoms with van der Waals surface area (Å²) >= 11 is 3.90. The average molecular weight is 445 g/mol. The van der Waals surface area contributed by atoms with Gasteiger partial charge in [0.25, 0.3) is 0 Å². The normalized spacial score (nSPS) is 30.1. The molecule has 0 aliphatic carbocycles. The van der Waals surface area contributed by atoms with Crippen molar-refractivity contribution in [2.45, 2.75) is 37.5 Å². The maximum atomic E-state index is 10.4. The van der Waals surface area contributed by atoms with Gasteiger partial charge in [-0.1, -0.05) is 6.92 Å². The van der Waals surface area contributed by atoms with Gasteiger partial charge in [0.1, 0.15) is 0 Å². The minimum atomic E-state index is -0.583. The fraction of sp³-hybridized carbons (Fsp3) is 0.929. The topological polar surface area (TPSA) is 47.9 Å². The molecule has 0 amide bonds. The second kappa shape index (κ2) is 9.72. The van der Waals surface area contributed by atoms with E-state index in [4.69, 9.17) is 4.99 Å². The van der Waals surface area contributed by atoms with E-state index in [1.807, 2.05) is 11.8 Å². The van der Waals surface area contributed by atoms with E-state index in [1.54, 1.807) is 0 Å². The molecule has 0 radical (unpaired) electrons. The van der Waals surface area contributed by atoms with Crippen LogP contribution in [0.15, 0.2) is 4.99 Å². The van der Waals surface area contributed by atoms with Crippen LogP contribution in [0.25, 0.3) is 0 Å². The number of hydrogen-bond donors (Lipinski definition) is 2. The lowest BCUT2D eigenvalue weighted by molar-refractivity contribution is 0.0775. The van der Waals surface area contributed by atoms with Gasteiger partial charge < -0.3 is 15.3 Å². The molecule has 7 heteroatoms. The highest BCUT2D eigenvalue weighted by Crippen LogP contribution is 2.28. The zero-order chi connectivity index (χ0) is 14.4. The molecule has 2 heterocycles. The molecule has 0 aromatic heterocycles. The Labute approximate surface area is 154 Å². The molecular formula is C14H28IN3OS2. The standard InChI is InChI=1S/C14H27N3OS2.HI/c1-3-12-9-17(6-8-20-12)13(15-4-2)16-10-14(18)5-7-19-11-14;/h12,18H,3-11H2,1-2H3,(H,15,16);1H. The number of rotatable bonds is 4. The molecule has 2 aliphatic rings. The number of nitrogens with zero attached hydrogens (tertiary/aromatic N) is 2. The summed E-state index contributed by atoms with van der Waals surface area (Å²) in [6, 6.07) is 0. The third-order valence-corrected chi connectivity index (χ3v) is 6.44. The Morgan fingerprint density at radius 2 is 2.24 bits per heavy atom. The highest BCUT2D eigenvalue weighted by molar-refractivity contribution is 14.0.